The molecule has 0 bridgehead atoms. The van der Waals surface area contributed by atoms with Crippen LogP contribution in [0.25, 0.3) is 0 Å². The van der Waals surface area contributed by atoms with Crippen LogP contribution >= 0.6 is 0 Å². The summed E-state index contributed by atoms with van der Waals surface area (Å²) in [4.78, 5) is 14.6. The molecule has 1 N–H and O–H groups in total. The fraction of sp³-hybridized carbons (Fsp3) is 0.350. The van der Waals surface area contributed by atoms with E-state index < -0.39 is 10.0 Å². The van der Waals surface area contributed by atoms with Gasteiger partial charge in [-0.1, -0.05) is 17.7 Å². The molecule has 0 fully saturated rings. The summed E-state index contributed by atoms with van der Waals surface area (Å²) in [7, 11) is 0.984. The number of carbonyl (C=O) groups excluding carboxylic acids is 1. The van der Waals surface area contributed by atoms with Crippen LogP contribution in [0, 0.1) is 20.8 Å². The van der Waals surface area contributed by atoms with Crippen molar-refractivity contribution >= 4 is 15.9 Å². The SMILES string of the molecule is CNS(=O)(=O)c1cc(C(=O)N(C)Cc2cc(C)ccc2OC)cc(C)c1C. The number of nitrogens with zero attached hydrogens (tertiary/aromatic N) is 1. The lowest BCUT2D eigenvalue weighted by Gasteiger charge is -2.20. The monoisotopic (exact) mass is 390 g/mol. The van der Waals surface area contributed by atoms with Crippen molar-refractivity contribution in [1.29, 1.82) is 0 Å². The summed E-state index contributed by atoms with van der Waals surface area (Å²) in [5, 5.41) is 0. The van der Waals surface area contributed by atoms with E-state index in [1.807, 2.05) is 25.1 Å². The van der Waals surface area contributed by atoms with Crippen molar-refractivity contribution in [3.63, 3.8) is 0 Å². The zero-order valence-electron chi connectivity index (χ0n) is 16.6. The van der Waals surface area contributed by atoms with E-state index in [0.29, 0.717) is 23.4 Å². The molecule has 2 aromatic rings. The van der Waals surface area contributed by atoms with E-state index in [2.05, 4.69) is 4.72 Å². The quantitative estimate of drug-likeness (QED) is 0.823. The summed E-state index contributed by atoms with van der Waals surface area (Å²) in [6.45, 7) is 5.85. The van der Waals surface area contributed by atoms with Gasteiger partial charge in [0.2, 0.25) is 10.0 Å². The molecule has 2 rings (SSSR count). The predicted octanol–water partition coefficient (Wildman–Crippen LogP) is 2.80. The van der Waals surface area contributed by atoms with E-state index in [-0.39, 0.29) is 10.8 Å². The second kappa shape index (κ2) is 8.10. The Labute approximate surface area is 161 Å². The average molecular weight is 391 g/mol. The Kier molecular flexibility index (Phi) is 6.28. The fourth-order valence-corrected chi connectivity index (χ4v) is 3.98. The minimum atomic E-state index is -3.65. The highest BCUT2D eigenvalue weighted by Gasteiger charge is 2.21. The first-order valence-electron chi connectivity index (χ1n) is 8.54. The van der Waals surface area contributed by atoms with Crippen LogP contribution in [0.2, 0.25) is 0 Å². The Morgan fingerprint density at radius 1 is 1.15 bits per heavy atom. The smallest absolute Gasteiger partial charge is 0.253 e. The van der Waals surface area contributed by atoms with Crippen LogP contribution in [0.5, 0.6) is 5.75 Å². The minimum absolute atomic E-state index is 0.120. The fourth-order valence-electron chi connectivity index (χ4n) is 2.92. The maximum Gasteiger partial charge on any atom is 0.253 e. The van der Waals surface area contributed by atoms with Crippen molar-refractivity contribution < 1.29 is 17.9 Å². The molecule has 2 aromatic carbocycles. The summed E-state index contributed by atoms with van der Waals surface area (Å²) in [6.07, 6.45) is 0. The van der Waals surface area contributed by atoms with Crippen molar-refractivity contribution in [3.8, 4) is 5.75 Å². The van der Waals surface area contributed by atoms with Crippen LogP contribution in [-0.2, 0) is 16.6 Å². The summed E-state index contributed by atoms with van der Waals surface area (Å²) >= 11 is 0. The number of nitrogens with one attached hydrogen (secondary N) is 1. The first-order chi connectivity index (χ1) is 12.6. The number of amides is 1. The molecule has 0 radical (unpaired) electrons. The predicted molar refractivity (Wildman–Crippen MR) is 106 cm³/mol. The highest BCUT2D eigenvalue weighted by molar-refractivity contribution is 7.89. The van der Waals surface area contributed by atoms with Gasteiger partial charge in [0.15, 0.2) is 0 Å². The first-order valence-corrected chi connectivity index (χ1v) is 10.0. The highest BCUT2D eigenvalue weighted by atomic mass is 32.2. The lowest BCUT2D eigenvalue weighted by molar-refractivity contribution is 0.0784. The Morgan fingerprint density at radius 3 is 2.41 bits per heavy atom. The molecule has 0 aromatic heterocycles. The number of benzene rings is 2. The zero-order chi connectivity index (χ0) is 20.4. The number of methoxy groups -OCH3 is 1. The van der Waals surface area contributed by atoms with Crippen molar-refractivity contribution in [3.05, 3.63) is 58.1 Å². The Balaban J connectivity index is 2.39. The number of aryl methyl sites for hydroxylation is 2. The molecule has 146 valence electrons. The number of rotatable bonds is 6. The van der Waals surface area contributed by atoms with Gasteiger partial charge in [0.1, 0.15) is 5.75 Å². The van der Waals surface area contributed by atoms with Gasteiger partial charge >= 0.3 is 0 Å². The van der Waals surface area contributed by atoms with Crippen molar-refractivity contribution in [1.82, 2.24) is 9.62 Å². The zero-order valence-corrected chi connectivity index (χ0v) is 17.4. The Hall–Kier alpha value is -2.38. The van der Waals surface area contributed by atoms with Gasteiger partial charge in [0, 0.05) is 24.7 Å². The second-order valence-corrected chi connectivity index (χ2v) is 8.46. The van der Waals surface area contributed by atoms with Gasteiger partial charge in [0.25, 0.3) is 5.91 Å². The molecule has 0 saturated heterocycles. The summed E-state index contributed by atoms with van der Waals surface area (Å²) in [6, 6.07) is 8.94. The molecule has 0 unspecified atom stereocenters. The van der Waals surface area contributed by atoms with Crippen LogP contribution in [0.15, 0.2) is 35.2 Å². The molecule has 0 saturated carbocycles. The lowest BCUT2D eigenvalue weighted by Crippen LogP contribution is -2.27. The number of ether oxygens (including phenoxy) is 1. The van der Waals surface area contributed by atoms with Gasteiger partial charge in [-0.3, -0.25) is 4.79 Å². The molecule has 1 amide bonds. The van der Waals surface area contributed by atoms with E-state index in [1.54, 1.807) is 39.0 Å². The van der Waals surface area contributed by atoms with Gasteiger partial charge in [0.05, 0.1) is 12.0 Å². The maximum atomic E-state index is 12.9. The van der Waals surface area contributed by atoms with Crippen LogP contribution in [0.4, 0.5) is 0 Å². The van der Waals surface area contributed by atoms with Crippen LogP contribution < -0.4 is 9.46 Å². The Morgan fingerprint density at radius 2 is 1.81 bits per heavy atom. The number of hydrogen-bond acceptors (Lipinski definition) is 4. The molecule has 27 heavy (non-hydrogen) atoms. The Bertz CT molecular complexity index is 968. The largest absolute Gasteiger partial charge is 0.496 e. The molecule has 0 aliphatic rings. The molecule has 6 nitrogen and oxygen atoms in total. The van der Waals surface area contributed by atoms with Gasteiger partial charge in [-0.25, -0.2) is 13.1 Å². The van der Waals surface area contributed by atoms with Gasteiger partial charge in [-0.15, -0.1) is 0 Å². The maximum absolute atomic E-state index is 12.9. The normalized spacial score (nSPS) is 11.3. The molecule has 0 aliphatic heterocycles. The van der Waals surface area contributed by atoms with Crippen LogP contribution in [-0.4, -0.2) is 40.4 Å². The third-order valence-corrected chi connectivity index (χ3v) is 6.16. The lowest BCUT2D eigenvalue weighted by atomic mass is 10.0. The number of hydrogen-bond donors (Lipinski definition) is 1. The molecule has 0 atom stereocenters. The second-order valence-electron chi connectivity index (χ2n) is 6.60. The van der Waals surface area contributed by atoms with E-state index in [0.717, 1.165) is 16.7 Å². The first kappa shape index (κ1) is 20.9. The molecule has 7 heteroatoms. The van der Waals surface area contributed by atoms with Gasteiger partial charge in [-0.2, -0.15) is 0 Å². The van der Waals surface area contributed by atoms with E-state index in [9.17, 15) is 13.2 Å². The third-order valence-electron chi connectivity index (χ3n) is 4.62. The summed E-state index contributed by atoms with van der Waals surface area (Å²) < 4.78 is 32.2. The molecule has 0 aliphatic carbocycles. The highest BCUT2D eigenvalue weighted by Crippen LogP contribution is 2.24. The van der Waals surface area contributed by atoms with Gasteiger partial charge < -0.3 is 9.64 Å². The topological polar surface area (TPSA) is 75.7 Å². The molecule has 0 spiro atoms. The summed E-state index contributed by atoms with van der Waals surface area (Å²) in [5.74, 6) is 0.452. The molecule has 0 heterocycles. The van der Waals surface area contributed by atoms with Gasteiger partial charge in [-0.05, 0) is 57.1 Å². The van der Waals surface area contributed by atoms with Crippen LogP contribution in [0.3, 0.4) is 0 Å². The molecular formula is C20H26N2O4S. The van der Waals surface area contributed by atoms with E-state index in [4.69, 9.17) is 4.74 Å². The molecular weight excluding hydrogens is 364 g/mol. The number of sulfonamides is 1. The van der Waals surface area contributed by atoms with E-state index >= 15 is 0 Å². The number of carbonyl (C=O) groups is 1. The minimum Gasteiger partial charge on any atom is -0.496 e. The van der Waals surface area contributed by atoms with Crippen molar-refractivity contribution in [2.24, 2.45) is 0 Å². The van der Waals surface area contributed by atoms with Crippen molar-refractivity contribution in [2.45, 2.75) is 32.2 Å². The van der Waals surface area contributed by atoms with E-state index in [1.165, 1.54) is 13.1 Å². The average Bonchev–Trinajstić information content (AvgIpc) is 2.63. The third kappa shape index (κ3) is 4.48. The van der Waals surface area contributed by atoms with Crippen molar-refractivity contribution in [2.75, 3.05) is 21.2 Å². The summed E-state index contributed by atoms with van der Waals surface area (Å²) in [5.41, 5.74) is 3.67. The standard InChI is InChI=1S/C20H26N2O4S/c1-13-7-8-18(26-6)17(9-13)12-22(5)20(23)16-10-14(2)15(3)19(11-16)27(24,25)21-4/h7-11,21H,12H2,1-6H3. The van der Waals surface area contributed by atoms with Crippen LogP contribution in [0.1, 0.15) is 32.6 Å².